The monoisotopic (exact) mass is 935 g/mol. The summed E-state index contributed by atoms with van der Waals surface area (Å²) in [6.45, 7) is 11.9. The van der Waals surface area contributed by atoms with Crippen LogP contribution in [-0.2, 0) is 33.2 Å². The van der Waals surface area contributed by atoms with Crippen LogP contribution in [0.25, 0.3) is 0 Å². The molecule has 0 amide bonds. The zero-order chi connectivity index (χ0) is 48.0. The number of hydrogen-bond acceptors (Lipinski definition) is 18. The second kappa shape index (κ2) is 42.4. The van der Waals surface area contributed by atoms with E-state index in [0.717, 1.165) is 44.9 Å². The van der Waals surface area contributed by atoms with Crippen LogP contribution in [0, 0.1) is 0 Å². The lowest BCUT2D eigenvalue weighted by Crippen LogP contribution is -2.40. The van der Waals surface area contributed by atoms with E-state index < -0.39 is 79.9 Å². The Morgan fingerprint density at radius 3 is 1.11 bits per heavy atom. The van der Waals surface area contributed by atoms with Gasteiger partial charge in [0.25, 0.3) is 0 Å². The van der Waals surface area contributed by atoms with Gasteiger partial charge >= 0.3 is 0 Å². The third-order valence-corrected chi connectivity index (χ3v) is 11.0. The molecule has 64 heavy (non-hydrogen) atoms. The molecule has 3 saturated heterocycles. The van der Waals surface area contributed by atoms with E-state index in [4.69, 9.17) is 43.4 Å². The van der Waals surface area contributed by atoms with Crippen LogP contribution in [0.15, 0.2) is 0 Å². The van der Waals surface area contributed by atoms with Gasteiger partial charge in [-0.1, -0.05) is 111 Å². The molecule has 3 heterocycles. The van der Waals surface area contributed by atoms with Crippen molar-refractivity contribution in [2.75, 3.05) is 79.3 Å². The standard InChI is InChI=1S/C13H26O5.C12H24O5.C11H22O4.C10H22O4/c1-2-3-4-5-6-7-17-8-11(15)13-12(16)10(14)9-18-13;1-2-3-4-5-6-16-7-10(14)12-11(15)9(13)8-17-12;1-2-3-4-5-6-14-8-10-11(13)9(12)7-15-10;1-2-3-4-5-6-14-8-10(13)9(12)7-11/h10-16H,2-9H2,1H3;9-15H,2-8H2,1H3;9-13H,2-8H2,1H3;9-13H,2-8H2,1H3. The van der Waals surface area contributed by atoms with Crippen molar-refractivity contribution in [3.05, 3.63) is 0 Å². The molecule has 0 aliphatic carbocycles. The van der Waals surface area contributed by atoms with Gasteiger partial charge in [0.15, 0.2) is 0 Å². The summed E-state index contributed by atoms with van der Waals surface area (Å²) in [4.78, 5) is 0. The third kappa shape index (κ3) is 30.6. The summed E-state index contributed by atoms with van der Waals surface area (Å²) in [7, 11) is 0. The molecule has 3 aliphatic heterocycles. The van der Waals surface area contributed by atoms with Gasteiger partial charge in [-0.05, 0) is 25.7 Å². The zero-order valence-electron chi connectivity index (χ0n) is 39.8. The van der Waals surface area contributed by atoms with Gasteiger partial charge in [0.2, 0.25) is 0 Å². The fourth-order valence-corrected chi connectivity index (χ4v) is 6.68. The molecule has 0 aromatic carbocycles. The number of unbranched alkanes of at least 4 members (excludes halogenated alkanes) is 13. The normalized spacial score (nSPS) is 27.1. The predicted molar refractivity (Wildman–Crippen MR) is 241 cm³/mol. The molecule has 3 rings (SSSR count). The van der Waals surface area contributed by atoms with Crippen molar-refractivity contribution in [3.8, 4) is 0 Å². The predicted octanol–water partition coefficient (Wildman–Crippen LogP) is 1.52. The van der Waals surface area contributed by atoms with Crippen LogP contribution in [0.2, 0.25) is 0 Å². The highest BCUT2D eigenvalue weighted by atomic mass is 16.6. The molecule has 0 saturated carbocycles. The molecule has 18 nitrogen and oxygen atoms in total. The Kier molecular flexibility index (Phi) is 41.9. The molecule has 13 atom stereocenters. The Hall–Kier alpha value is -0.720. The molecule has 0 aromatic rings. The first-order valence-electron chi connectivity index (χ1n) is 24.4. The van der Waals surface area contributed by atoms with Crippen LogP contribution >= 0.6 is 0 Å². The van der Waals surface area contributed by atoms with E-state index in [2.05, 4.69) is 27.7 Å². The summed E-state index contributed by atoms with van der Waals surface area (Å²) in [6, 6.07) is 0. The maximum Gasteiger partial charge on any atom is 0.114 e. The molecule has 3 fully saturated rings. The number of aliphatic hydroxyl groups excluding tert-OH is 11. The Bertz CT molecular complexity index is 989. The Balaban J connectivity index is 0.000000831. The van der Waals surface area contributed by atoms with Gasteiger partial charge in [-0.2, -0.15) is 0 Å². The van der Waals surface area contributed by atoms with E-state index in [9.17, 15) is 46.0 Å². The smallest absolute Gasteiger partial charge is 0.114 e. The quantitative estimate of drug-likeness (QED) is 0.0416. The summed E-state index contributed by atoms with van der Waals surface area (Å²) in [5.41, 5.74) is 0. The van der Waals surface area contributed by atoms with Gasteiger partial charge in [0.05, 0.1) is 52.9 Å². The van der Waals surface area contributed by atoms with Crippen LogP contribution in [-0.4, -0.2) is 215 Å². The molecule has 0 aromatic heterocycles. The maximum atomic E-state index is 9.76. The molecular formula is C46H94O18. The second-order valence-corrected chi connectivity index (χ2v) is 17.0. The fourth-order valence-electron chi connectivity index (χ4n) is 6.68. The van der Waals surface area contributed by atoms with Crippen LogP contribution in [0.4, 0.5) is 0 Å². The van der Waals surface area contributed by atoms with E-state index in [1.165, 1.54) is 64.2 Å². The van der Waals surface area contributed by atoms with E-state index in [1.807, 2.05) is 0 Å². The number of hydrogen-bond donors (Lipinski definition) is 11. The molecule has 0 radical (unpaired) electrons. The molecular weight excluding hydrogens is 840 g/mol. The van der Waals surface area contributed by atoms with Crippen molar-refractivity contribution in [2.24, 2.45) is 0 Å². The van der Waals surface area contributed by atoms with Gasteiger partial charge < -0.3 is 89.3 Å². The SMILES string of the molecule is CCCCCCCOCC(O)C1OCC(O)C1O.CCCCCCOCC(O)C(O)CO.CCCCCCOCC(O)C1OCC(O)C1O.CCCCCCOCC1OCC(O)C1O. The average molecular weight is 935 g/mol. The molecule has 0 spiro atoms. The van der Waals surface area contributed by atoms with Crippen molar-refractivity contribution in [2.45, 2.75) is 216 Å². The first kappa shape index (κ1) is 63.3. The summed E-state index contributed by atoms with van der Waals surface area (Å²) in [5, 5.41) is 102. The number of ether oxygens (including phenoxy) is 7. The Morgan fingerprint density at radius 2 is 0.766 bits per heavy atom. The summed E-state index contributed by atoms with van der Waals surface area (Å²) in [6.07, 6.45) is 8.48. The van der Waals surface area contributed by atoms with Crippen molar-refractivity contribution in [3.63, 3.8) is 0 Å². The molecule has 11 N–H and O–H groups in total. The van der Waals surface area contributed by atoms with Crippen LogP contribution < -0.4 is 0 Å². The topological polar surface area (TPSA) is 287 Å². The van der Waals surface area contributed by atoms with Crippen LogP contribution in [0.3, 0.4) is 0 Å². The van der Waals surface area contributed by atoms with Crippen LogP contribution in [0.5, 0.6) is 0 Å². The van der Waals surface area contributed by atoms with Gasteiger partial charge in [0, 0.05) is 26.4 Å². The van der Waals surface area contributed by atoms with Crippen molar-refractivity contribution in [1.82, 2.24) is 0 Å². The van der Waals surface area contributed by atoms with Gasteiger partial charge in [-0.3, -0.25) is 0 Å². The lowest BCUT2D eigenvalue weighted by Gasteiger charge is -2.20. The van der Waals surface area contributed by atoms with E-state index >= 15 is 0 Å². The number of aliphatic hydroxyl groups is 11. The van der Waals surface area contributed by atoms with E-state index in [-0.39, 0.29) is 45.7 Å². The van der Waals surface area contributed by atoms with Crippen molar-refractivity contribution >= 4 is 0 Å². The lowest BCUT2D eigenvalue weighted by atomic mass is 10.1. The maximum absolute atomic E-state index is 9.76. The summed E-state index contributed by atoms with van der Waals surface area (Å²) < 4.78 is 36.6. The minimum absolute atomic E-state index is 0.0688. The van der Waals surface area contributed by atoms with Crippen molar-refractivity contribution < 1.29 is 89.3 Å². The van der Waals surface area contributed by atoms with E-state index in [0.29, 0.717) is 33.0 Å². The van der Waals surface area contributed by atoms with E-state index in [1.54, 1.807) is 0 Å². The second-order valence-electron chi connectivity index (χ2n) is 17.0. The van der Waals surface area contributed by atoms with Crippen molar-refractivity contribution in [1.29, 1.82) is 0 Å². The Labute approximate surface area is 384 Å². The highest BCUT2D eigenvalue weighted by Crippen LogP contribution is 2.19. The van der Waals surface area contributed by atoms with Gasteiger partial charge in [-0.15, -0.1) is 0 Å². The zero-order valence-corrected chi connectivity index (χ0v) is 39.8. The first-order chi connectivity index (χ1) is 30.8. The highest BCUT2D eigenvalue weighted by molar-refractivity contribution is 4.88. The van der Waals surface area contributed by atoms with Gasteiger partial charge in [0.1, 0.15) is 79.4 Å². The molecule has 13 unspecified atom stereocenters. The van der Waals surface area contributed by atoms with Crippen LogP contribution in [0.1, 0.15) is 137 Å². The minimum atomic E-state index is -1.09. The Morgan fingerprint density at radius 1 is 0.422 bits per heavy atom. The molecule has 3 aliphatic rings. The molecule has 18 heteroatoms. The molecule has 0 bridgehead atoms. The number of rotatable bonds is 33. The minimum Gasteiger partial charge on any atom is -0.394 e. The average Bonchev–Trinajstić information content (AvgIpc) is 3.93. The third-order valence-electron chi connectivity index (χ3n) is 11.0. The summed E-state index contributed by atoms with van der Waals surface area (Å²) in [5.74, 6) is 0. The highest BCUT2D eigenvalue weighted by Gasteiger charge is 2.40. The fraction of sp³-hybridized carbons (Fsp3) is 1.00. The first-order valence-corrected chi connectivity index (χ1v) is 24.4. The molecule has 386 valence electrons. The summed E-state index contributed by atoms with van der Waals surface area (Å²) >= 11 is 0. The largest absolute Gasteiger partial charge is 0.394 e. The van der Waals surface area contributed by atoms with Gasteiger partial charge in [-0.25, -0.2) is 0 Å². The lowest BCUT2D eigenvalue weighted by molar-refractivity contribution is -0.0813.